The van der Waals surface area contributed by atoms with Crippen LogP contribution in [0.15, 0.2) is 54.7 Å². The van der Waals surface area contributed by atoms with Crippen molar-refractivity contribution in [1.82, 2.24) is 15.6 Å². The number of primary amides is 1. The lowest BCUT2D eigenvalue weighted by Gasteiger charge is -2.53. The Bertz CT molecular complexity index is 1610. The molecule has 4 fully saturated rings. The molecule has 11 nitrogen and oxygen atoms in total. The van der Waals surface area contributed by atoms with E-state index in [2.05, 4.69) is 20.9 Å². The molecule has 11 heteroatoms. The zero-order valence-electron chi connectivity index (χ0n) is 26.8. The van der Waals surface area contributed by atoms with Crippen molar-refractivity contribution in [2.24, 2.45) is 29.4 Å². The first-order valence-corrected chi connectivity index (χ1v) is 16.8. The fourth-order valence-electron chi connectivity index (χ4n) is 8.40. The number of nitrogens with one attached hydrogen (secondary N) is 4. The number of carboxylic acids is 1. The first-order chi connectivity index (χ1) is 22.6. The molecule has 1 heterocycles. The van der Waals surface area contributed by atoms with E-state index in [1.165, 1.54) is 6.42 Å². The molecule has 4 bridgehead atoms. The number of carbonyl (C=O) groups excluding carboxylic acids is 3. The van der Waals surface area contributed by atoms with Gasteiger partial charge in [-0.1, -0.05) is 36.4 Å². The van der Waals surface area contributed by atoms with Gasteiger partial charge in [-0.15, -0.1) is 0 Å². The normalized spacial score (nSPS) is 24.7. The minimum Gasteiger partial charge on any atom is -0.480 e. The van der Waals surface area contributed by atoms with Gasteiger partial charge < -0.3 is 36.5 Å². The van der Waals surface area contributed by atoms with Gasteiger partial charge in [-0.05, 0) is 98.8 Å². The molecule has 0 radical (unpaired) electrons. The summed E-state index contributed by atoms with van der Waals surface area (Å²) in [6.45, 7) is 1.97. The third-order valence-electron chi connectivity index (χ3n) is 10.5. The number of hydrogen-bond donors (Lipinski definition) is 6. The maximum absolute atomic E-state index is 14.0. The molecule has 0 aliphatic heterocycles. The molecule has 3 aromatic rings. The highest BCUT2D eigenvalue weighted by Gasteiger charge is 2.50. The third-order valence-corrected chi connectivity index (χ3v) is 10.5. The number of carbonyl (C=O) groups is 4. The lowest BCUT2D eigenvalue weighted by Crippen LogP contribution is -2.60. The van der Waals surface area contributed by atoms with Crippen LogP contribution in [0.3, 0.4) is 0 Å². The topological polar surface area (TPSA) is 176 Å². The molecule has 2 aromatic carbocycles. The summed E-state index contributed by atoms with van der Waals surface area (Å²) in [6.07, 6.45) is 7.62. The zero-order chi connectivity index (χ0) is 33.1. The molecule has 1 unspecified atom stereocenters. The van der Waals surface area contributed by atoms with Crippen LogP contribution in [0.2, 0.25) is 0 Å². The van der Waals surface area contributed by atoms with Crippen LogP contribution in [0.1, 0.15) is 63.0 Å². The molecule has 0 saturated heterocycles. The monoisotopic (exact) mass is 643 g/mol. The number of nitrogens with two attached hydrogens (primary N) is 1. The molecule has 7 rings (SSSR count). The summed E-state index contributed by atoms with van der Waals surface area (Å²) in [4.78, 5) is 53.8. The van der Waals surface area contributed by atoms with Crippen molar-refractivity contribution in [2.45, 2.75) is 82.4 Å². The summed E-state index contributed by atoms with van der Waals surface area (Å²) in [6, 6.07) is 14.1. The number of aliphatic carboxylic acids is 1. The van der Waals surface area contributed by atoms with Gasteiger partial charge in [-0.2, -0.15) is 0 Å². The Hall–Kier alpha value is -4.54. The van der Waals surface area contributed by atoms with Gasteiger partial charge in [0.05, 0.1) is 0 Å². The molecule has 47 heavy (non-hydrogen) atoms. The average Bonchev–Trinajstić information content (AvgIpc) is 3.43. The van der Waals surface area contributed by atoms with E-state index in [0.29, 0.717) is 23.9 Å². The van der Waals surface area contributed by atoms with E-state index < -0.39 is 29.6 Å². The minimum atomic E-state index is -1.31. The zero-order valence-corrected chi connectivity index (χ0v) is 26.8. The lowest BCUT2D eigenvalue weighted by molar-refractivity contribution is -0.138. The largest absolute Gasteiger partial charge is 0.480 e. The van der Waals surface area contributed by atoms with Crippen molar-refractivity contribution in [3.05, 3.63) is 65.9 Å². The summed E-state index contributed by atoms with van der Waals surface area (Å²) >= 11 is 0. The summed E-state index contributed by atoms with van der Waals surface area (Å²) in [5, 5.41) is 19.6. The molecule has 1 aromatic heterocycles. The SMILES string of the molecule is CC(Cc1c[nH]c2ccccc12)(NC(=O)OC1C2CC3CC(C2)CC1C3)C(=O)NCCc1ccccc1N[C@@H](CCC(N)=O)C(=O)O. The molecule has 4 aliphatic carbocycles. The molecule has 2 atom stereocenters. The standard InChI is InChI=1S/C36H45N5O6/c1-36(19-26-20-39-29-9-5-3-7-27(26)29,41-35(46)47-32-24-15-21-14-22(17-24)18-25(32)16-21)34(45)38-13-12-23-6-2-4-8-28(23)40-30(33(43)44)10-11-31(37)42/h2-9,20-22,24-25,30,32,39-40H,10-19H2,1H3,(H2,37,42)(H,38,45)(H,41,46)(H,43,44)/t21?,22?,24?,25?,30-,32?,36?/m0/s1. The molecular formula is C36H45N5O6. The Morgan fingerprint density at radius 1 is 0.979 bits per heavy atom. The van der Waals surface area contributed by atoms with Gasteiger partial charge in [0.25, 0.3) is 0 Å². The molecule has 250 valence electrons. The fraction of sp³-hybridized carbons (Fsp3) is 0.500. The van der Waals surface area contributed by atoms with Crippen molar-refractivity contribution >= 4 is 40.5 Å². The van der Waals surface area contributed by atoms with Crippen LogP contribution in [0, 0.1) is 23.7 Å². The lowest BCUT2D eigenvalue weighted by atomic mass is 9.55. The average molecular weight is 644 g/mol. The number of ether oxygens (including phenoxy) is 1. The van der Waals surface area contributed by atoms with E-state index >= 15 is 0 Å². The van der Waals surface area contributed by atoms with E-state index in [-0.39, 0.29) is 37.8 Å². The number of para-hydroxylation sites is 2. The van der Waals surface area contributed by atoms with Gasteiger partial charge >= 0.3 is 12.1 Å². The molecule has 3 amide bonds. The summed E-state index contributed by atoms with van der Waals surface area (Å²) in [7, 11) is 0. The number of alkyl carbamates (subject to hydrolysis) is 1. The number of hydrogen-bond acceptors (Lipinski definition) is 6. The van der Waals surface area contributed by atoms with Crippen LogP contribution < -0.4 is 21.7 Å². The quantitative estimate of drug-likeness (QED) is 0.150. The molecule has 0 spiro atoms. The maximum Gasteiger partial charge on any atom is 0.408 e. The van der Waals surface area contributed by atoms with E-state index in [1.54, 1.807) is 19.1 Å². The van der Waals surface area contributed by atoms with Crippen LogP contribution in [0.25, 0.3) is 10.9 Å². The van der Waals surface area contributed by atoms with Gasteiger partial charge in [0.2, 0.25) is 11.8 Å². The van der Waals surface area contributed by atoms with Crippen LogP contribution >= 0.6 is 0 Å². The fourth-order valence-corrected chi connectivity index (χ4v) is 8.40. The van der Waals surface area contributed by atoms with Gasteiger partial charge in [-0.3, -0.25) is 9.59 Å². The molecular weight excluding hydrogens is 598 g/mol. The Kier molecular flexibility index (Phi) is 9.42. The Morgan fingerprint density at radius 2 is 1.66 bits per heavy atom. The first kappa shape index (κ1) is 32.4. The number of fused-ring (bicyclic) bond motifs is 1. The Labute approximate surface area is 274 Å². The van der Waals surface area contributed by atoms with E-state index in [0.717, 1.165) is 59.5 Å². The third kappa shape index (κ3) is 7.39. The molecule has 7 N–H and O–H groups in total. The van der Waals surface area contributed by atoms with Crippen LogP contribution in [0.4, 0.5) is 10.5 Å². The second kappa shape index (κ2) is 13.7. The van der Waals surface area contributed by atoms with Gasteiger partial charge in [0, 0.05) is 42.2 Å². The van der Waals surface area contributed by atoms with Crippen LogP contribution in [-0.2, 0) is 32.0 Å². The van der Waals surface area contributed by atoms with E-state index in [4.69, 9.17) is 10.5 Å². The van der Waals surface area contributed by atoms with Crippen molar-refractivity contribution < 1.29 is 29.0 Å². The van der Waals surface area contributed by atoms with Gasteiger partial charge in [0.1, 0.15) is 17.7 Å². The van der Waals surface area contributed by atoms with Crippen molar-refractivity contribution in [3.8, 4) is 0 Å². The van der Waals surface area contributed by atoms with Crippen molar-refractivity contribution in [1.29, 1.82) is 0 Å². The van der Waals surface area contributed by atoms with E-state index in [1.807, 2.05) is 42.6 Å². The maximum atomic E-state index is 14.0. The summed E-state index contributed by atoms with van der Waals surface area (Å²) in [5.41, 5.74) is 7.16. The van der Waals surface area contributed by atoms with Crippen LogP contribution in [0.5, 0.6) is 0 Å². The first-order valence-electron chi connectivity index (χ1n) is 16.8. The predicted molar refractivity (Wildman–Crippen MR) is 177 cm³/mol. The van der Waals surface area contributed by atoms with Gasteiger partial charge in [-0.25, -0.2) is 9.59 Å². The molecule has 4 aliphatic rings. The van der Waals surface area contributed by atoms with Crippen LogP contribution in [-0.4, -0.2) is 58.2 Å². The Morgan fingerprint density at radius 3 is 2.36 bits per heavy atom. The highest BCUT2D eigenvalue weighted by Crippen LogP contribution is 2.54. The second-order valence-electron chi connectivity index (χ2n) is 14.0. The number of carboxylic acid groups (broad SMARTS) is 1. The number of H-pyrrole nitrogens is 1. The summed E-state index contributed by atoms with van der Waals surface area (Å²) < 4.78 is 6.14. The highest BCUT2D eigenvalue weighted by atomic mass is 16.6. The van der Waals surface area contributed by atoms with Crippen molar-refractivity contribution in [3.63, 3.8) is 0 Å². The van der Waals surface area contributed by atoms with E-state index in [9.17, 15) is 24.3 Å². The molecule has 4 saturated carbocycles. The number of aromatic nitrogens is 1. The number of aromatic amines is 1. The summed E-state index contributed by atoms with van der Waals surface area (Å²) in [5.74, 6) is 0.300. The number of benzene rings is 2. The Balaban J connectivity index is 1.14. The predicted octanol–water partition coefficient (Wildman–Crippen LogP) is 4.51. The number of anilines is 1. The van der Waals surface area contributed by atoms with Crippen molar-refractivity contribution in [2.75, 3.05) is 11.9 Å². The number of rotatable bonds is 14. The minimum absolute atomic E-state index is 0.0488. The second-order valence-corrected chi connectivity index (χ2v) is 14.0. The smallest absolute Gasteiger partial charge is 0.408 e. The van der Waals surface area contributed by atoms with Gasteiger partial charge in [0.15, 0.2) is 0 Å². The number of amides is 3. The highest BCUT2D eigenvalue weighted by molar-refractivity contribution is 5.91.